The van der Waals surface area contributed by atoms with Gasteiger partial charge in [0, 0.05) is 32.5 Å². The lowest BCUT2D eigenvalue weighted by atomic mass is 9.59. The number of aliphatic hydroxyl groups is 1. The number of ether oxygens (including phenoxy) is 2. The first-order valence-electron chi connectivity index (χ1n) is 17.4. The summed E-state index contributed by atoms with van der Waals surface area (Å²) >= 11 is 0. The molecule has 52 heavy (non-hydrogen) atoms. The molecule has 0 fully saturated rings. The van der Waals surface area contributed by atoms with Gasteiger partial charge in [0.05, 0.1) is 17.3 Å². The first-order chi connectivity index (χ1) is 24.4. The molecule has 12 nitrogen and oxygen atoms in total. The predicted octanol–water partition coefficient (Wildman–Crippen LogP) is 4.21. The van der Waals surface area contributed by atoms with E-state index in [4.69, 9.17) is 9.47 Å². The number of aliphatic hydroxyl groups excluding tert-OH is 1. The Morgan fingerprint density at radius 3 is 1.88 bits per heavy atom. The Balaban J connectivity index is 1.99. The molecule has 282 valence electrons. The summed E-state index contributed by atoms with van der Waals surface area (Å²) in [4.78, 5) is 56.8. The highest BCUT2D eigenvalue weighted by atomic mass is 16.6. The number of pyridine rings is 1. The summed E-state index contributed by atoms with van der Waals surface area (Å²) in [5.41, 5.74) is -0.479. The molecule has 1 heterocycles. The number of alkyl carbamates (subject to hydrolysis) is 1. The van der Waals surface area contributed by atoms with E-state index in [-0.39, 0.29) is 19.6 Å². The number of rotatable bonds is 16. The van der Waals surface area contributed by atoms with E-state index >= 15 is 0 Å². The van der Waals surface area contributed by atoms with E-state index in [1.807, 2.05) is 114 Å². The molecule has 0 aliphatic carbocycles. The average molecular weight is 718 g/mol. The molecule has 0 aliphatic heterocycles. The zero-order valence-electron chi connectivity index (χ0n) is 31.7. The number of nitrogens with one attached hydrogen (secondary N) is 4. The van der Waals surface area contributed by atoms with Crippen LogP contribution in [0.1, 0.15) is 59.1 Å². The first-order valence-corrected chi connectivity index (χ1v) is 17.4. The van der Waals surface area contributed by atoms with E-state index in [0.29, 0.717) is 12.8 Å². The van der Waals surface area contributed by atoms with E-state index in [1.54, 1.807) is 6.20 Å². The summed E-state index contributed by atoms with van der Waals surface area (Å²) in [6, 6.07) is 23.0. The summed E-state index contributed by atoms with van der Waals surface area (Å²) in [6.07, 6.45) is 0.452. The molecule has 2 aromatic carbocycles. The third-order valence-corrected chi connectivity index (χ3v) is 9.10. The van der Waals surface area contributed by atoms with Crippen molar-refractivity contribution in [2.75, 3.05) is 33.9 Å². The Bertz CT molecular complexity index is 1610. The van der Waals surface area contributed by atoms with Crippen LogP contribution in [0.2, 0.25) is 0 Å². The lowest BCUT2D eigenvalue weighted by molar-refractivity contribution is -0.147. The Morgan fingerprint density at radius 1 is 0.769 bits per heavy atom. The number of carbonyl (C=O) groups is 4. The fraction of sp³-hybridized carbons (Fsp3) is 0.475. The van der Waals surface area contributed by atoms with Gasteiger partial charge in [-0.3, -0.25) is 19.4 Å². The van der Waals surface area contributed by atoms with Crippen LogP contribution >= 0.6 is 0 Å². The van der Waals surface area contributed by atoms with Crippen LogP contribution in [0.15, 0.2) is 79.0 Å². The van der Waals surface area contributed by atoms with Gasteiger partial charge in [-0.1, -0.05) is 102 Å². The standard InChI is InChI=1S/C40H55N5O7/c1-37(2,3)40(38(4,5)6,45-33(47)26-51-8)35(49)43-25-31(46)24-39(22-28-14-10-9-11-15-28,44-34(48)27-52-36(50)41-7)23-29-17-19-30(20-18-29)32-16-12-13-21-42-32/h9-21,31,46H,22-27H2,1-8H3,(H,41,50)(H,43,49)(H,44,48)(H,45,47). The molecule has 3 rings (SSSR count). The smallest absolute Gasteiger partial charge is 0.407 e. The Morgan fingerprint density at radius 2 is 1.35 bits per heavy atom. The van der Waals surface area contributed by atoms with E-state index in [9.17, 15) is 24.3 Å². The maximum absolute atomic E-state index is 14.2. The summed E-state index contributed by atoms with van der Waals surface area (Å²) in [6.45, 7) is 10.3. The second-order valence-electron chi connectivity index (χ2n) is 15.2. The number of hydrogen-bond donors (Lipinski definition) is 5. The van der Waals surface area contributed by atoms with Crippen molar-refractivity contribution >= 4 is 23.8 Å². The second kappa shape index (κ2) is 18.1. The van der Waals surface area contributed by atoms with Crippen LogP contribution in [0, 0.1) is 10.8 Å². The van der Waals surface area contributed by atoms with Crippen molar-refractivity contribution in [1.82, 2.24) is 26.3 Å². The fourth-order valence-corrected chi connectivity index (χ4v) is 7.07. The van der Waals surface area contributed by atoms with Crippen molar-refractivity contribution in [2.24, 2.45) is 10.8 Å². The van der Waals surface area contributed by atoms with Crippen LogP contribution in [0.5, 0.6) is 0 Å². The molecular formula is C40H55N5O7. The van der Waals surface area contributed by atoms with Gasteiger partial charge >= 0.3 is 6.09 Å². The molecule has 0 aliphatic rings. The second-order valence-corrected chi connectivity index (χ2v) is 15.2. The van der Waals surface area contributed by atoms with Crippen molar-refractivity contribution in [3.63, 3.8) is 0 Å². The number of carbonyl (C=O) groups excluding carboxylic acids is 4. The molecular weight excluding hydrogens is 662 g/mol. The fourth-order valence-electron chi connectivity index (χ4n) is 7.07. The highest BCUT2D eigenvalue weighted by molar-refractivity contribution is 5.93. The molecule has 2 atom stereocenters. The quantitative estimate of drug-likeness (QED) is 0.147. The third-order valence-electron chi connectivity index (χ3n) is 9.10. The number of aromatic nitrogens is 1. The van der Waals surface area contributed by atoms with Gasteiger partial charge in [-0.2, -0.15) is 0 Å². The van der Waals surface area contributed by atoms with Gasteiger partial charge in [0.1, 0.15) is 12.1 Å². The minimum Gasteiger partial charge on any atom is -0.439 e. The topological polar surface area (TPSA) is 168 Å². The van der Waals surface area contributed by atoms with Gasteiger partial charge in [-0.05, 0) is 53.4 Å². The third kappa shape index (κ3) is 11.1. The zero-order valence-corrected chi connectivity index (χ0v) is 31.7. The minimum atomic E-state index is -1.39. The van der Waals surface area contributed by atoms with Gasteiger partial charge in [0.15, 0.2) is 6.61 Å². The number of methoxy groups -OCH3 is 1. The molecule has 12 heteroatoms. The lowest BCUT2D eigenvalue weighted by Crippen LogP contribution is -2.72. The molecule has 0 bridgehead atoms. The van der Waals surface area contributed by atoms with E-state index in [0.717, 1.165) is 22.4 Å². The van der Waals surface area contributed by atoms with Gasteiger partial charge in [0.2, 0.25) is 11.8 Å². The van der Waals surface area contributed by atoms with Crippen molar-refractivity contribution in [3.8, 4) is 11.3 Å². The average Bonchev–Trinajstić information content (AvgIpc) is 3.08. The van der Waals surface area contributed by atoms with Crippen LogP contribution < -0.4 is 21.3 Å². The highest BCUT2D eigenvalue weighted by Gasteiger charge is 2.57. The van der Waals surface area contributed by atoms with Gasteiger partial charge < -0.3 is 35.8 Å². The van der Waals surface area contributed by atoms with Crippen LogP contribution in [0.4, 0.5) is 4.79 Å². The first kappa shape index (κ1) is 41.6. The van der Waals surface area contributed by atoms with Gasteiger partial charge in [0.25, 0.3) is 5.91 Å². The van der Waals surface area contributed by atoms with Crippen molar-refractivity contribution in [3.05, 3.63) is 90.1 Å². The van der Waals surface area contributed by atoms with Crippen molar-refractivity contribution < 1.29 is 33.8 Å². The van der Waals surface area contributed by atoms with Gasteiger partial charge in [-0.25, -0.2) is 4.79 Å². The maximum Gasteiger partial charge on any atom is 0.407 e. The highest BCUT2D eigenvalue weighted by Crippen LogP contribution is 2.44. The zero-order chi connectivity index (χ0) is 38.6. The molecule has 2 unspecified atom stereocenters. The molecule has 4 amide bonds. The van der Waals surface area contributed by atoms with Crippen molar-refractivity contribution in [2.45, 2.75) is 78.0 Å². The molecule has 0 radical (unpaired) electrons. The molecule has 0 spiro atoms. The largest absolute Gasteiger partial charge is 0.439 e. The maximum atomic E-state index is 14.2. The van der Waals surface area contributed by atoms with Crippen molar-refractivity contribution in [1.29, 1.82) is 0 Å². The SMILES string of the molecule is CNC(=O)OCC(=O)NC(Cc1ccccc1)(Cc1ccc(-c2ccccn2)cc1)CC(O)CNC(=O)C(NC(=O)COC)(C(C)(C)C)C(C)(C)C. The molecule has 0 saturated heterocycles. The summed E-state index contributed by atoms with van der Waals surface area (Å²) in [5.74, 6) is -1.46. The number of amides is 4. The van der Waals surface area contributed by atoms with Gasteiger partial charge in [-0.15, -0.1) is 0 Å². The molecule has 1 aromatic heterocycles. The summed E-state index contributed by atoms with van der Waals surface area (Å²) in [5, 5.41) is 23.0. The van der Waals surface area contributed by atoms with Crippen LogP contribution in [-0.2, 0) is 36.7 Å². The van der Waals surface area contributed by atoms with Crippen LogP contribution in [-0.4, -0.2) is 85.0 Å². The monoisotopic (exact) mass is 717 g/mol. The van der Waals surface area contributed by atoms with Crippen LogP contribution in [0.3, 0.4) is 0 Å². The lowest BCUT2D eigenvalue weighted by Gasteiger charge is -2.52. The normalized spacial score (nSPS) is 13.6. The van der Waals surface area contributed by atoms with E-state index < -0.39 is 58.4 Å². The number of nitrogens with zero attached hydrogens (tertiary/aromatic N) is 1. The Kier molecular flexibility index (Phi) is 14.5. The minimum absolute atomic E-state index is 0.0178. The Labute approximate surface area is 307 Å². The summed E-state index contributed by atoms with van der Waals surface area (Å²) < 4.78 is 10.1. The molecule has 3 aromatic rings. The number of hydrogen-bond acceptors (Lipinski definition) is 8. The number of benzene rings is 2. The summed E-state index contributed by atoms with van der Waals surface area (Å²) in [7, 11) is 2.81. The van der Waals surface area contributed by atoms with E-state index in [1.165, 1.54) is 14.2 Å². The predicted molar refractivity (Wildman–Crippen MR) is 200 cm³/mol. The molecule has 5 N–H and O–H groups in total. The van der Waals surface area contributed by atoms with E-state index in [2.05, 4.69) is 26.3 Å². The molecule has 0 saturated carbocycles. The van der Waals surface area contributed by atoms with Crippen LogP contribution in [0.25, 0.3) is 11.3 Å². The Hall–Kier alpha value is -4.81.